The molecule has 90 valence electrons. The Morgan fingerprint density at radius 3 is 2.82 bits per heavy atom. The second kappa shape index (κ2) is 5.11. The summed E-state index contributed by atoms with van der Waals surface area (Å²) in [5, 5.41) is 12.6. The summed E-state index contributed by atoms with van der Waals surface area (Å²) < 4.78 is 13.7. The van der Waals surface area contributed by atoms with Gasteiger partial charge in [-0.1, -0.05) is 12.1 Å². The Bertz CT molecular complexity index is 551. The molecule has 4 nitrogen and oxygen atoms in total. The van der Waals surface area contributed by atoms with Crippen LogP contribution < -0.4 is 5.32 Å². The van der Waals surface area contributed by atoms with Crippen LogP contribution in [0.3, 0.4) is 0 Å². The topological polar surface area (TPSA) is 63.8 Å². The van der Waals surface area contributed by atoms with Gasteiger partial charge in [0.1, 0.15) is 11.9 Å². The molecule has 6 heteroatoms. The van der Waals surface area contributed by atoms with Gasteiger partial charge >= 0.3 is 0 Å². The monoisotopic (exact) mass is 253 g/mol. The molecule has 0 spiro atoms. The normalized spacial score (nSPS) is 12.4. The molecular formula is C11H12FN3OS. The van der Waals surface area contributed by atoms with E-state index in [1.54, 1.807) is 24.4 Å². The minimum Gasteiger partial charge on any atom is -0.385 e. The standard InChI is InChI=1S/C11H12FN3OS/c12-7-3-1-2-4-8(7)13-6-10(16)9-5-14-11(17)15-9/h1-5,10,13,16H,6H2,(H2,14,15,17). The van der Waals surface area contributed by atoms with E-state index >= 15 is 0 Å². The van der Waals surface area contributed by atoms with Gasteiger partial charge in [0.15, 0.2) is 4.77 Å². The first-order valence-electron chi connectivity index (χ1n) is 5.11. The van der Waals surface area contributed by atoms with Crippen molar-refractivity contribution >= 4 is 17.9 Å². The van der Waals surface area contributed by atoms with Gasteiger partial charge in [0, 0.05) is 12.7 Å². The van der Waals surface area contributed by atoms with Gasteiger partial charge in [-0.15, -0.1) is 0 Å². The number of imidazole rings is 1. The van der Waals surface area contributed by atoms with Crippen LogP contribution in [-0.2, 0) is 0 Å². The molecule has 0 radical (unpaired) electrons. The van der Waals surface area contributed by atoms with Crippen molar-refractivity contribution in [2.45, 2.75) is 6.10 Å². The van der Waals surface area contributed by atoms with Crippen LogP contribution in [0.25, 0.3) is 0 Å². The number of benzene rings is 1. The third-order valence-corrected chi connectivity index (χ3v) is 2.56. The molecule has 0 bridgehead atoms. The predicted octanol–water partition coefficient (Wildman–Crippen LogP) is 2.36. The van der Waals surface area contributed by atoms with Gasteiger partial charge < -0.3 is 20.4 Å². The fourth-order valence-corrected chi connectivity index (χ4v) is 1.62. The number of H-pyrrole nitrogens is 2. The number of nitrogens with one attached hydrogen (secondary N) is 3. The SMILES string of the molecule is OC(CNc1ccccc1F)c1c[nH]c(=S)[nH]1. The van der Waals surface area contributed by atoms with E-state index in [4.69, 9.17) is 12.2 Å². The zero-order valence-corrected chi connectivity index (χ0v) is 9.72. The highest BCUT2D eigenvalue weighted by atomic mass is 32.1. The molecule has 17 heavy (non-hydrogen) atoms. The molecule has 1 atom stereocenters. The maximum absolute atomic E-state index is 13.3. The van der Waals surface area contributed by atoms with Crippen LogP contribution >= 0.6 is 12.2 Å². The van der Waals surface area contributed by atoms with Crippen LogP contribution in [0, 0.1) is 10.6 Å². The van der Waals surface area contributed by atoms with Crippen molar-refractivity contribution in [1.29, 1.82) is 0 Å². The van der Waals surface area contributed by atoms with Crippen LogP contribution in [-0.4, -0.2) is 21.6 Å². The summed E-state index contributed by atoms with van der Waals surface area (Å²) in [5.41, 5.74) is 0.930. The summed E-state index contributed by atoms with van der Waals surface area (Å²) in [6.45, 7) is 0.198. The van der Waals surface area contributed by atoms with E-state index in [9.17, 15) is 9.50 Å². The summed E-state index contributed by atoms with van der Waals surface area (Å²) in [4.78, 5) is 5.56. The maximum atomic E-state index is 13.3. The number of halogens is 1. The lowest BCUT2D eigenvalue weighted by atomic mass is 10.2. The predicted molar refractivity (Wildman–Crippen MR) is 65.8 cm³/mol. The van der Waals surface area contributed by atoms with Crippen molar-refractivity contribution in [2.75, 3.05) is 11.9 Å². The van der Waals surface area contributed by atoms with E-state index < -0.39 is 6.10 Å². The van der Waals surface area contributed by atoms with Crippen LogP contribution in [0.5, 0.6) is 0 Å². The summed E-state index contributed by atoms with van der Waals surface area (Å²) in [6.07, 6.45) is 0.818. The second-order valence-electron chi connectivity index (χ2n) is 3.57. The number of anilines is 1. The van der Waals surface area contributed by atoms with Crippen molar-refractivity contribution in [2.24, 2.45) is 0 Å². The molecule has 0 aliphatic rings. The molecule has 1 aromatic carbocycles. The smallest absolute Gasteiger partial charge is 0.174 e. The van der Waals surface area contributed by atoms with Crippen molar-refractivity contribution in [3.63, 3.8) is 0 Å². The number of aromatic nitrogens is 2. The van der Waals surface area contributed by atoms with Gasteiger partial charge in [0.05, 0.1) is 11.4 Å². The van der Waals surface area contributed by atoms with E-state index in [1.807, 2.05) is 0 Å². The number of aromatic amines is 2. The third-order valence-electron chi connectivity index (χ3n) is 2.34. The molecule has 0 saturated heterocycles. The van der Waals surface area contributed by atoms with Gasteiger partial charge in [-0.05, 0) is 24.4 Å². The number of para-hydroxylation sites is 1. The van der Waals surface area contributed by atoms with E-state index in [0.717, 1.165) is 0 Å². The Hall–Kier alpha value is -1.66. The zero-order chi connectivity index (χ0) is 12.3. The molecule has 1 heterocycles. The second-order valence-corrected chi connectivity index (χ2v) is 3.98. The molecular weight excluding hydrogens is 241 g/mol. The molecule has 0 amide bonds. The Morgan fingerprint density at radius 2 is 2.18 bits per heavy atom. The lowest BCUT2D eigenvalue weighted by Gasteiger charge is -2.11. The number of hydrogen-bond donors (Lipinski definition) is 4. The number of hydrogen-bond acceptors (Lipinski definition) is 3. The third kappa shape index (κ3) is 2.92. The Labute approximate surface area is 103 Å². The number of aliphatic hydroxyl groups excluding tert-OH is 1. The van der Waals surface area contributed by atoms with Gasteiger partial charge in [-0.2, -0.15) is 0 Å². The molecule has 0 fully saturated rings. The Balaban J connectivity index is 1.99. The first-order valence-corrected chi connectivity index (χ1v) is 5.51. The first-order chi connectivity index (χ1) is 8.16. The summed E-state index contributed by atoms with van der Waals surface area (Å²) in [6, 6.07) is 6.31. The largest absolute Gasteiger partial charge is 0.385 e. The van der Waals surface area contributed by atoms with E-state index in [0.29, 0.717) is 16.2 Å². The number of rotatable bonds is 4. The van der Waals surface area contributed by atoms with E-state index in [-0.39, 0.29) is 12.4 Å². The lowest BCUT2D eigenvalue weighted by Crippen LogP contribution is -2.13. The summed E-state index contributed by atoms with van der Waals surface area (Å²) >= 11 is 4.85. The van der Waals surface area contributed by atoms with Gasteiger partial charge in [0.25, 0.3) is 0 Å². The summed E-state index contributed by atoms with van der Waals surface area (Å²) in [7, 11) is 0. The van der Waals surface area contributed by atoms with E-state index in [1.165, 1.54) is 6.07 Å². The van der Waals surface area contributed by atoms with Crippen LogP contribution in [0.1, 0.15) is 11.8 Å². The van der Waals surface area contributed by atoms with Crippen LogP contribution in [0.4, 0.5) is 10.1 Å². The van der Waals surface area contributed by atoms with Gasteiger partial charge in [-0.25, -0.2) is 4.39 Å². The zero-order valence-electron chi connectivity index (χ0n) is 8.90. The highest BCUT2D eigenvalue weighted by Gasteiger charge is 2.09. The molecule has 2 aromatic rings. The van der Waals surface area contributed by atoms with Crippen LogP contribution in [0.15, 0.2) is 30.5 Å². The molecule has 4 N–H and O–H groups in total. The number of aliphatic hydroxyl groups is 1. The van der Waals surface area contributed by atoms with Crippen molar-refractivity contribution in [1.82, 2.24) is 9.97 Å². The fraction of sp³-hybridized carbons (Fsp3) is 0.182. The molecule has 2 rings (SSSR count). The molecule has 0 aliphatic carbocycles. The Kier molecular flexibility index (Phi) is 3.55. The average molecular weight is 253 g/mol. The van der Waals surface area contributed by atoms with Crippen molar-refractivity contribution in [3.05, 3.63) is 46.7 Å². The van der Waals surface area contributed by atoms with E-state index in [2.05, 4.69) is 15.3 Å². The van der Waals surface area contributed by atoms with Crippen molar-refractivity contribution < 1.29 is 9.50 Å². The molecule has 0 aliphatic heterocycles. The minimum absolute atomic E-state index is 0.198. The average Bonchev–Trinajstić information content (AvgIpc) is 2.74. The minimum atomic E-state index is -0.775. The highest BCUT2D eigenvalue weighted by Crippen LogP contribution is 2.15. The molecule has 0 saturated carbocycles. The van der Waals surface area contributed by atoms with Gasteiger partial charge in [-0.3, -0.25) is 0 Å². The van der Waals surface area contributed by atoms with Crippen molar-refractivity contribution in [3.8, 4) is 0 Å². The first kappa shape index (κ1) is 11.8. The highest BCUT2D eigenvalue weighted by molar-refractivity contribution is 7.71. The summed E-state index contributed by atoms with van der Waals surface area (Å²) in [5.74, 6) is -0.346. The molecule has 1 unspecified atom stereocenters. The quantitative estimate of drug-likeness (QED) is 0.632. The lowest BCUT2D eigenvalue weighted by molar-refractivity contribution is 0.187. The molecule has 1 aromatic heterocycles. The fourth-order valence-electron chi connectivity index (χ4n) is 1.45. The Morgan fingerprint density at radius 1 is 1.41 bits per heavy atom. The van der Waals surface area contributed by atoms with Gasteiger partial charge in [0.2, 0.25) is 0 Å². The maximum Gasteiger partial charge on any atom is 0.174 e. The van der Waals surface area contributed by atoms with Crippen LogP contribution in [0.2, 0.25) is 0 Å².